The smallest absolute Gasteiger partial charge is 0.238 e. The van der Waals surface area contributed by atoms with E-state index in [1.54, 1.807) is 0 Å². The molecule has 0 saturated heterocycles. The molecule has 0 radical (unpaired) electrons. The van der Waals surface area contributed by atoms with E-state index < -0.39 is 0 Å². The van der Waals surface area contributed by atoms with E-state index in [9.17, 15) is 4.79 Å². The third-order valence-electron chi connectivity index (χ3n) is 3.33. The Hall–Kier alpha value is -0.870. The van der Waals surface area contributed by atoms with Gasteiger partial charge in [-0.1, -0.05) is 40.5 Å². The molecular formula is C16H25BrN2O. The maximum atomic E-state index is 12.1. The molecule has 0 unspecified atom stereocenters. The van der Waals surface area contributed by atoms with Crippen molar-refractivity contribution in [3.63, 3.8) is 0 Å². The number of aryl methyl sites for hydroxylation is 2. The lowest BCUT2D eigenvalue weighted by molar-refractivity contribution is -0.117. The van der Waals surface area contributed by atoms with Crippen LogP contribution in [0.4, 0.5) is 5.69 Å². The van der Waals surface area contributed by atoms with Crippen LogP contribution in [0.2, 0.25) is 0 Å². The van der Waals surface area contributed by atoms with Gasteiger partial charge >= 0.3 is 0 Å². The summed E-state index contributed by atoms with van der Waals surface area (Å²) >= 11 is 3.43. The van der Waals surface area contributed by atoms with E-state index in [1.165, 1.54) is 12.8 Å². The van der Waals surface area contributed by atoms with Gasteiger partial charge in [0.25, 0.3) is 0 Å². The first kappa shape index (κ1) is 17.2. The van der Waals surface area contributed by atoms with Gasteiger partial charge in [0, 0.05) is 11.0 Å². The number of likely N-dealkylation sites (N-methyl/N-ethyl adjacent to an activating group) is 1. The van der Waals surface area contributed by atoms with Gasteiger partial charge < -0.3 is 5.32 Å². The molecule has 0 aliphatic rings. The molecule has 3 nitrogen and oxygen atoms in total. The molecule has 0 aliphatic heterocycles. The van der Waals surface area contributed by atoms with E-state index in [0.29, 0.717) is 6.54 Å². The number of alkyl halides is 1. The fourth-order valence-electron chi connectivity index (χ4n) is 2.17. The number of carbonyl (C=O) groups is 1. The standard InChI is InChI=1S/C16H25BrN2O/c1-13-8-7-9-14(2)16(13)18-15(20)12-19(3)11-6-4-5-10-17/h7-9H,4-6,10-12H2,1-3H3,(H,18,20). The third kappa shape index (κ3) is 6.06. The van der Waals surface area contributed by atoms with Crippen molar-refractivity contribution in [1.29, 1.82) is 0 Å². The van der Waals surface area contributed by atoms with E-state index in [2.05, 4.69) is 26.1 Å². The van der Waals surface area contributed by atoms with Gasteiger partial charge in [0.2, 0.25) is 5.91 Å². The highest BCUT2D eigenvalue weighted by atomic mass is 79.9. The Balaban J connectivity index is 2.39. The number of amides is 1. The minimum atomic E-state index is 0.0605. The van der Waals surface area contributed by atoms with Gasteiger partial charge in [-0.15, -0.1) is 0 Å². The van der Waals surface area contributed by atoms with Gasteiger partial charge in [0.05, 0.1) is 6.54 Å². The number of unbranched alkanes of at least 4 members (excludes halogenated alkanes) is 2. The summed E-state index contributed by atoms with van der Waals surface area (Å²) in [7, 11) is 2.00. The molecule has 1 rings (SSSR count). The summed E-state index contributed by atoms with van der Waals surface area (Å²) in [6.45, 7) is 5.45. The van der Waals surface area contributed by atoms with Gasteiger partial charge in [-0.2, -0.15) is 0 Å². The second-order valence-electron chi connectivity index (χ2n) is 5.30. The fraction of sp³-hybridized carbons (Fsp3) is 0.562. The van der Waals surface area contributed by atoms with Crippen molar-refractivity contribution < 1.29 is 4.79 Å². The molecule has 1 aromatic carbocycles. The molecule has 4 heteroatoms. The first-order chi connectivity index (χ1) is 9.54. The van der Waals surface area contributed by atoms with Crippen LogP contribution in [0.5, 0.6) is 0 Å². The third-order valence-corrected chi connectivity index (χ3v) is 3.89. The molecule has 1 amide bonds. The minimum Gasteiger partial charge on any atom is -0.324 e. The molecule has 0 fully saturated rings. The van der Waals surface area contributed by atoms with Gasteiger partial charge in [-0.3, -0.25) is 9.69 Å². The predicted octanol–water partition coefficient (Wildman–Crippen LogP) is 3.74. The van der Waals surface area contributed by atoms with Crippen molar-refractivity contribution in [2.45, 2.75) is 33.1 Å². The minimum absolute atomic E-state index is 0.0605. The van der Waals surface area contributed by atoms with Crippen molar-refractivity contribution in [2.24, 2.45) is 0 Å². The molecule has 1 aromatic rings. The number of benzene rings is 1. The highest BCUT2D eigenvalue weighted by molar-refractivity contribution is 9.09. The summed E-state index contributed by atoms with van der Waals surface area (Å²) < 4.78 is 0. The summed E-state index contributed by atoms with van der Waals surface area (Å²) in [5.41, 5.74) is 3.17. The van der Waals surface area contributed by atoms with Gasteiger partial charge in [0.1, 0.15) is 0 Å². The number of nitrogens with zero attached hydrogens (tertiary/aromatic N) is 1. The van der Waals surface area contributed by atoms with E-state index >= 15 is 0 Å². The van der Waals surface area contributed by atoms with Crippen molar-refractivity contribution in [3.8, 4) is 0 Å². The van der Waals surface area contributed by atoms with Crippen LogP contribution in [0.1, 0.15) is 30.4 Å². The van der Waals surface area contributed by atoms with Crippen LogP contribution in [0.3, 0.4) is 0 Å². The van der Waals surface area contributed by atoms with Crippen LogP contribution in [0.15, 0.2) is 18.2 Å². The number of nitrogens with one attached hydrogen (secondary N) is 1. The van der Waals surface area contributed by atoms with Gasteiger partial charge in [-0.25, -0.2) is 0 Å². The maximum absolute atomic E-state index is 12.1. The largest absolute Gasteiger partial charge is 0.324 e. The maximum Gasteiger partial charge on any atom is 0.238 e. The highest BCUT2D eigenvalue weighted by Crippen LogP contribution is 2.19. The quantitative estimate of drug-likeness (QED) is 0.577. The molecular weight excluding hydrogens is 316 g/mol. The monoisotopic (exact) mass is 340 g/mol. The van der Waals surface area contributed by atoms with Crippen LogP contribution in [0.25, 0.3) is 0 Å². The Morgan fingerprint density at radius 3 is 2.45 bits per heavy atom. The van der Waals surface area contributed by atoms with Crippen molar-refractivity contribution in [3.05, 3.63) is 29.3 Å². The second kappa shape index (κ2) is 9.14. The molecule has 0 aromatic heterocycles. The van der Waals surface area contributed by atoms with Crippen molar-refractivity contribution in [1.82, 2.24) is 4.90 Å². The molecule has 0 saturated carbocycles. The van der Waals surface area contributed by atoms with Crippen LogP contribution in [-0.2, 0) is 4.79 Å². The molecule has 0 bridgehead atoms. The van der Waals surface area contributed by atoms with Crippen LogP contribution in [-0.4, -0.2) is 36.3 Å². The number of halogens is 1. The lowest BCUT2D eigenvalue weighted by Gasteiger charge is -2.17. The molecule has 1 N–H and O–H groups in total. The zero-order valence-corrected chi connectivity index (χ0v) is 14.3. The Bertz CT molecular complexity index is 414. The Morgan fingerprint density at radius 2 is 1.85 bits per heavy atom. The zero-order valence-electron chi connectivity index (χ0n) is 12.7. The molecule has 0 spiro atoms. The van der Waals surface area contributed by atoms with E-state index in [4.69, 9.17) is 0 Å². The summed E-state index contributed by atoms with van der Waals surface area (Å²) in [6, 6.07) is 6.05. The molecule has 0 aliphatic carbocycles. The Labute approximate surface area is 130 Å². The van der Waals surface area contributed by atoms with Crippen molar-refractivity contribution >= 4 is 27.5 Å². The normalized spacial score (nSPS) is 10.8. The van der Waals surface area contributed by atoms with E-state index in [0.717, 1.165) is 35.1 Å². The Morgan fingerprint density at radius 1 is 1.20 bits per heavy atom. The SMILES string of the molecule is Cc1cccc(C)c1NC(=O)CN(C)CCCCCBr. The second-order valence-corrected chi connectivity index (χ2v) is 6.10. The first-order valence-electron chi connectivity index (χ1n) is 7.15. The lowest BCUT2D eigenvalue weighted by Crippen LogP contribution is -2.31. The summed E-state index contributed by atoms with van der Waals surface area (Å²) in [4.78, 5) is 14.1. The highest BCUT2D eigenvalue weighted by Gasteiger charge is 2.09. The molecule has 112 valence electrons. The van der Waals surface area contributed by atoms with Gasteiger partial charge in [0.15, 0.2) is 0 Å². The number of rotatable bonds is 8. The average molecular weight is 341 g/mol. The van der Waals surface area contributed by atoms with Crippen molar-refractivity contribution in [2.75, 3.05) is 30.8 Å². The molecule has 20 heavy (non-hydrogen) atoms. The summed E-state index contributed by atoms with van der Waals surface area (Å²) in [5, 5.41) is 4.08. The number of carbonyl (C=O) groups excluding carboxylic acids is 1. The van der Waals surface area contributed by atoms with E-state index in [-0.39, 0.29) is 5.91 Å². The summed E-state index contributed by atoms with van der Waals surface area (Å²) in [5.74, 6) is 0.0605. The summed E-state index contributed by atoms with van der Waals surface area (Å²) in [6.07, 6.45) is 3.54. The number of hydrogen-bond donors (Lipinski definition) is 1. The lowest BCUT2D eigenvalue weighted by atomic mass is 10.1. The fourth-order valence-corrected chi connectivity index (χ4v) is 2.56. The molecule has 0 heterocycles. The van der Waals surface area contributed by atoms with Gasteiger partial charge in [-0.05, 0) is 51.4 Å². The van der Waals surface area contributed by atoms with Crippen LogP contribution < -0.4 is 5.32 Å². The topological polar surface area (TPSA) is 32.3 Å². The zero-order chi connectivity index (χ0) is 15.0. The van der Waals surface area contributed by atoms with E-state index in [1.807, 2.05) is 39.1 Å². The molecule has 0 atom stereocenters. The number of anilines is 1. The average Bonchev–Trinajstić information content (AvgIpc) is 2.39. The van der Waals surface area contributed by atoms with Crippen LogP contribution >= 0.6 is 15.9 Å². The first-order valence-corrected chi connectivity index (χ1v) is 8.27. The predicted molar refractivity (Wildman–Crippen MR) is 89.7 cm³/mol. The number of hydrogen-bond acceptors (Lipinski definition) is 2. The van der Waals surface area contributed by atoms with Crippen LogP contribution in [0, 0.1) is 13.8 Å². The Kier molecular flexibility index (Phi) is 7.85. The number of para-hydroxylation sites is 1.